The van der Waals surface area contributed by atoms with Crippen LogP contribution in [0, 0.1) is 5.92 Å². The molecule has 1 aliphatic carbocycles. The van der Waals surface area contributed by atoms with Crippen molar-refractivity contribution in [2.24, 2.45) is 5.92 Å². The number of carbonyl (C=O) groups is 3. The smallest absolute Gasteiger partial charge is 0.407 e. The van der Waals surface area contributed by atoms with Gasteiger partial charge in [-0.15, -0.1) is 0 Å². The first-order valence-corrected chi connectivity index (χ1v) is 11.3. The maximum absolute atomic E-state index is 13.2. The van der Waals surface area contributed by atoms with Crippen molar-refractivity contribution in [1.29, 1.82) is 0 Å². The first-order chi connectivity index (χ1) is 16.0. The first kappa shape index (κ1) is 21.2. The summed E-state index contributed by atoms with van der Waals surface area (Å²) in [7, 11) is 0. The van der Waals surface area contributed by atoms with Gasteiger partial charge in [-0.2, -0.15) is 0 Å². The van der Waals surface area contributed by atoms with E-state index in [1.807, 2.05) is 55.5 Å². The fourth-order valence-electron chi connectivity index (χ4n) is 5.35. The van der Waals surface area contributed by atoms with Crippen LogP contribution in [-0.2, 0) is 14.3 Å². The average molecular weight is 447 g/mol. The minimum Gasteiger partial charge on any atom is -0.480 e. The zero-order valence-electron chi connectivity index (χ0n) is 18.3. The van der Waals surface area contributed by atoms with Crippen molar-refractivity contribution in [2.75, 3.05) is 6.61 Å². The molecule has 7 nitrogen and oxygen atoms in total. The fraction of sp³-hybridized carbons (Fsp3) is 0.346. The quantitative estimate of drug-likeness (QED) is 0.701. The van der Waals surface area contributed by atoms with Crippen LogP contribution in [-0.4, -0.2) is 52.7 Å². The summed E-state index contributed by atoms with van der Waals surface area (Å²) in [6.07, 6.45) is 4.08. The molecule has 1 fully saturated rings. The van der Waals surface area contributed by atoms with Crippen molar-refractivity contribution >= 4 is 18.0 Å². The number of fused-ring (bicyclic) bond motifs is 4. The second-order valence-electron chi connectivity index (χ2n) is 8.94. The number of nitrogens with zero attached hydrogens (tertiary/aromatic N) is 1. The van der Waals surface area contributed by atoms with Crippen LogP contribution >= 0.6 is 0 Å². The SMILES string of the molecule is C[C@H]1C=CC2CC[C@@H](C(=O)O)N2C(=O)[C@H]1NC(=O)OCC1c2ccccc2-c2ccccc21. The van der Waals surface area contributed by atoms with Crippen LogP contribution in [0.3, 0.4) is 0 Å². The molecule has 0 saturated carbocycles. The van der Waals surface area contributed by atoms with Crippen LogP contribution in [0.5, 0.6) is 0 Å². The lowest BCUT2D eigenvalue weighted by molar-refractivity contribution is -0.150. The molecule has 4 atom stereocenters. The number of carboxylic acids is 1. The highest BCUT2D eigenvalue weighted by molar-refractivity contribution is 5.91. The number of nitrogens with one attached hydrogen (secondary N) is 1. The summed E-state index contributed by atoms with van der Waals surface area (Å²) in [5.41, 5.74) is 4.49. The molecule has 2 heterocycles. The summed E-state index contributed by atoms with van der Waals surface area (Å²) in [6.45, 7) is 1.98. The molecule has 5 rings (SSSR count). The number of aliphatic carboxylic acids is 1. The van der Waals surface area contributed by atoms with Gasteiger partial charge in [0.1, 0.15) is 18.7 Å². The summed E-state index contributed by atoms with van der Waals surface area (Å²) in [4.78, 5) is 39.0. The van der Waals surface area contributed by atoms with E-state index in [4.69, 9.17) is 4.74 Å². The third kappa shape index (κ3) is 3.67. The Morgan fingerprint density at radius 2 is 1.67 bits per heavy atom. The van der Waals surface area contributed by atoms with Gasteiger partial charge in [-0.25, -0.2) is 9.59 Å². The summed E-state index contributed by atoms with van der Waals surface area (Å²) < 4.78 is 5.60. The third-order valence-corrected chi connectivity index (χ3v) is 7.01. The second kappa shape index (κ2) is 8.39. The van der Waals surface area contributed by atoms with Crippen molar-refractivity contribution in [3.63, 3.8) is 0 Å². The number of benzene rings is 2. The van der Waals surface area contributed by atoms with Crippen molar-refractivity contribution in [1.82, 2.24) is 10.2 Å². The van der Waals surface area contributed by atoms with E-state index in [1.54, 1.807) is 0 Å². The Labute approximate surface area is 192 Å². The van der Waals surface area contributed by atoms with Gasteiger partial charge >= 0.3 is 12.1 Å². The van der Waals surface area contributed by atoms with Gasteiger partial charge in [-0.05, 0) is 35.1 Å². The monoisotopic (exact) mass is 446 g/mol. The van der Waals surface area contributed by atoms with E-state index in [0.717, 1.165) is 22.3 Å². The highest BCUT2D eigenvalue weighted by Crippen LogP contribution is 2.44. The number of hydrogen-bond donors (Lipinski definition) is 2. The molecule has 0 bridgehead atoms. The molecule has 170 valence electrons. The molecule has 3 aliphatic rings. The molecule has 33 heavy (non-hydrogen) atoms. The van der Waals surface area contributed by atoms with E-state index >= 15 is 0 Å². The van der Waals surface area contributed by atoms with E-state index < -0.39 is 24.1 Å². The molecule has 2 aromatic rings. The van der Waals surface area contributed by atoms with Crippen molar-refractivity contribution in [3.05, 3.63) is 71.8 Å². The second-order valence-corrected chi connectivity index (χ2v) is 8.94. The summed E-state index contributed by atoms with van der Waals surface area (Å²) in [5, 5.41) is 12.2. The van der Waals surface area contributed by atoms with E-state index in [9.17, 15) is 19.5 Å². The van der Waals surface area contributed by atoms with Crippen LogP contribution in [0.1, 0.15) is 36.8 Å². The predicted octanol–water partition coefficient (Wildman–Crippen LogP) is 3.54. The molecule has 2 N–H and O–H groups in total. The fourth-order valence-corrected chi connectivity index (χ4v) is 5.35. The standard InChI is InChI=1S/C26H26N2O5/c1-15-10-11-16-12-13-22(25(30)31)28(16)24(29)23(15)27-26(32)33-14-21-19-8-4-2-6-17(19)18-7-3-5-9-20(18)21/h2-11,15-16,21-23H,12-14H2,1H3,(H,27,32)(H,30,31)/t15-,16?,22-,23-/m0/s1. The van der Waals surface area contributed by atoms with E-state index in [-0.39, 0.29) is 30.4 Å². The first-order valence-electron chi connectivity index (χ1n) is 11.3. The molecule has 0 aromatic heterocycles. The summed E-state index contributed by atoms with van der Waals surface area (Å²) in [6, 6.07) is 14.2. The number of carboxylic acid groups (broad SMARTS) is 1. The van der Waals surface area contributed by atoms with E-state index in [2.05, 4.69) is 17.4 Å². The normalized spacial score (nSPS) is 25.7. The largest absolute Gasteiger partial charge is 0.480 e. The van der Waals surface area contributed by atoms with Gasteiger partial charge in [0, 0.05) is 11.8 Å². The van der Waals surface area contributed by atoms with Gasteiger partial charge in [0.15, 0.2) is 0 Å². The third-order valence-electron chi connectivity index (χ3n) is 7.01. The number of amides is 2. The van der Waals surface area contributed by atoms with Crippen LogP contribution < -0.4 is 5.32 Å². The Hall–Kier alpha value is -3.61. The molecule has 1 unspecified atom stereocenters. The maximum Gasteiger partial charge on any atom is 0.407 e. The summed E-state index contributed by atoms with van der Waals surface area (Å²) in [5.74, 6) is -1.76. The topological polar surface area (TPSA) is 95.9 Å². The lowest BCUT2D eigenvalue weighted by atomic mass is 9.98. The lowest BCUT2D eigenvalue weighted by Gasteiger charge is -2.30. The molecule has 0 spiro atoms. The van der Waals surface area contributed by atoms with E-state index in [1.165, 1.54) is 4.90 Å². The Bertz CT molecular complexity index is 1100. The minimum atomic E-state index is -1.02. The van der Waals surface area contributed by atoms with Gasteiger partial charge in [0.25, 0.3) is 0 Å². The Kier molecular flexibility index (Phi) is 5.40. The van der Waals surface area contributed by atoms with Gasteiger partial charge in [-0.1, -0.05) is 67.6 Å². The molecule has 1 saturated heterocycles. The number of carbonyl (C=O) groups excluding carboxylic acids is 2. The Morgan fingerprint density at radius 3 is 2.30 bits per heavy atom. The van der Waals surface area contributed by atoms with Crippen molar-refractivity contribution in [2.45, 2.75) is 43.8 Å². The molecular weight excluding hydrogens is 420 g/mol. The zero-order valence-corrected chi connectivity index (χ0v) is 18.3. The Morgan fingerprint density at radius 1 is 1.03 bits per heavy atom. The molecule has 2 aromatic carbocycles. The van der Waals surface area contributed by atoms with Gasteiger partial charge in [0.05, 0.1) is 6.04 Å². The van der Waals surface area contributed by atoms with Crippen LogP contribution in [0.15, 0.2) is 60.7 Å². The zero-order chi connectivity index (χ0) is 23.1. The minimum absolute atomic E-state index is 0.0790. The highest BCUT2D eigenvalue weighted by atomic mass is 16.5. The predicted molar refractivity (Wildman–Crippen MR) is 122 cm³/mol. The van der Waals surface area contributed by atoms with Crippen LogP contribution in [0.4, 0.5) is 4.79 Å². The van der Waals surface area contributed by atoms with Gasteiger partial charge < -0.3 is 20.1 Å². The molecular formula is C26H26N2O5. The summed E-state index contributed by atoms with van der Waals surface area (Å²) >= 11 is 0. The maximum atomic E-state index is 13.2. The van der Waals surface area contributed by atoms with Crippen molar-refractivity contribution in [3.8, 4) is 11.1 Å². The number of hydrogen-bond acceptors (Lipinski definition) is 4. The molecule has 7 heteroatoms. The Balaban J connectivity index is 1.30. The average Bonchev–Trinajstić information content (AvgIpc) is 3.36. The number of alkyl carbamates (subject to hydrolysis) is 1. The van der Waals surface area contributed by atoms with E-state index in [0.29, 0.717) is 12.8 Å². The van der Waals surface area contributed by atoms with Crippen molar-refractivity contribution < 1.29 is 24.2 Å². The van der Waals surface area contributed by atoms with Gasteiger partial charge in [0.2, 0.25) is 5.91 Å². The molecule has 0 radical (unpaired) electrons. The number of rotatable bonds is 4. The highest BCUT2D eigenvalue weighted by Gasteiger charge is 2.45. The molecule has 2 aliphatic heterocycles. The lowest BCUT2D eigenvalue weighted by Crippen LogP contribution is -2.54. The van der Waals surface area contributed by atoms with Gasteiger partial charge in [-0.3, -0.25) is 4.79 Å². The number of ether oxygens (including phenoxy) is 1. The van der Waals surface area contributed by atoms with Crippen LogP contribution in [0.25, 0.3) is 11.1 Å². The van der Waals surface area contributed by atoms with Crippen LogP contribution in [0.2, 0.25) is 0 Å². The molecule has 2 amide bonds.